The van der Waals surface area contributed by atoms with E-state index >= 15 is 0 Å². The smallest absolute Gasteiger partial charge is 0.168 e. The predicted octanol–water partition coefficient (Wildman–Crippen LogP) is 3.10. The van der Waals surface area contributed by atoms with Gasteiger partial charge in [0.15, 0.2) is 5.78 Å². The van der Waals surface area contributed by atoms with E-state index in [0.717, 1.165) is 22.4 Å². The lowest BCUT2D eigenvalue weighted by Gasteiger charge is -2.16. The highest BCUT2D eigenvalue weighted by atomic mass is 16.1. The fraction of sp³-hybridized carbons (Fsp3) is 0.385. The number of hydrogen-bond donors (Lipinski definition) is 1. The Balaban J connectivity index is 2.51. The summed E-state index contributed by atoms with van der Waals surface area (Å²) in [5, 5.41) is 0. The number of aromatic nitrogens is 2. The monoisotopic (exact) mass is 216 g/mol. The Labute approximate surface area is 94.9 Å². The predicted molar refractivity (Wildman–Crippen MR) is 64.6 cm³/mol. The molecule has 0 spiro atoms. The molecule has 3 nitrogen and oxygen atoms in total. The number of Topliss-reactive ketones (excluding diaryl/α,β-unsaturated/α-hetero) is 1. The number of carbonyl (C=O) groups excluding carboxylic acids is 1. The Morgan fingerprint density at radius 3 is 2.62 bits per heavy atom. The average Bonchev–Trinajstić information content (AvgIpc) is 2.54. The van der Waals surface area contributed by atoms with Gasteiger partial charge < -0.3 is 4.98 Å². The van der Waals surface area contributed by atoms with Crippen LogP contribution in [0, 0.1) is 12.3 Å². The minimum atomic E-state index is -0.345. The highest BCUT2D eigenvalue weighted by molar-refractivity contribution is 6.02. The van der Waals surface area contributed by atoms with Crippen molar-refractivity contribution in [2.75, 3.05) is 0 Å². The van der Waals surface area contributed by atoms with Crippen molar-refractivity contribution < 1.29 is 4.79 Å². The molecule has 1 aromatic heterocycles. The summed E-state index contributed by atoms with van der Waals surface area (Å²) in [6.07, 6.45) is 0. The first-order valence-corrected chi connectivity index (χ1v) is 5.39. The summed E-state index contributed by atoms with van der Waals surface area (Å²) in [4.78, 5) is 19.5. The molecule has 0 aliphatic carbocycles. The van der Waals surface area contributed by atoms with Gasteiger partial charge in [-0.1, -0.05) is 20.8 Å². The number of rotatable bonds is 1. The van der Waals surface area contributed by atoms with Gasteiger partial charge in [0, 0.05) is 11.0 Å². The number of aryl methyl sites for hydroxylation is 1. The van der Waals surface area contributed by atoms with E-state index in [-0.39, 0.29) is 11.2 Å². The lowest BCUT2D eigenvalue weighted by Crippen LogP contribution is -2.19. The van der Waals surface area contributed by atoms with Gasteiger partial charge in [0.1, 0.15) is 5.82 Å². The molecule has 0 saturated carbocycles. The average molecular weight is 216 g/mol. The van der Waals surface area contributed by atoms with Crippen LogP contribution in [0.4, 0.5) is 0 Å². The summed E-state index contributed by atoms with van der Waals surface area (Å²) in [7, 11) is 0. The summed E-state index contributed by atoms with van der Waals surface area (Å²) in [6.45, 7) is 7.69. The van der Waals surface area contributed by atoms with Crippen molar-refractivity contribution in [1.82, 2.24) is 9.97 Å². The van der Waals surface area contributed by atoms with Crippen LogP contribution in [0.25, 0.3) is 11.0 Å². The molecule has 84 valence electrons. The highest BCUT2D eigenvalue weighted by Crippen LogP contribution is 2.22. The molecule has 0 radical (unpaired) electrons. The van der Waals surface area contributed by atoms with Crippen molar-refractivity contribution in [3.8, 4) is 0 Å². The van der Waals surface area contributed by atoms with Crippen molar-refractivity contribution >= 4 is 16.8 Å². The maximum Gasteiger partial charge on any atom is 0.168 e. The van der Waals surface area contributed by atoms with Crippen molar-refractivity contribution in [2.45, 2.75) is 27.7 Å². The molecule has 0 aliphatic heterocycles. The molecule has 0 amide bonds. The molecular weight excluding hydrogens is 200 g/mol. The van der Waals surface area contributed by atoms with E-state index in [1.54, 1.807) is 0 Å². The van der Waals surface area contributed by atoms with E-state index in [2.05, 4.69) is 9.97 Å². The minimum absolute atomic E-state index is 0.154. The Morgan fingerprint density at radius 2 is 2.00 bits per heavy atom. The topological polar surface area (TPSA) is 45.8 Å². The number of fused-ring (bicyclic) bond motifs is 1. The molecule has 0 bridgehead atoms. The highest BCUT2D eigenvalue weighted by Gasteiger charge is 2.23. The van der Waals surface area contributed by atoms with Gasteiger partial charge in [0.25, 0.3) is 0 Å². The fourth-order valence-electron chi connectivity index (χ4n) is 1.71. The number of benzene rings is 1. The Kier molecular flexibility index (Phi) is 2.34. The van der Waals surface area contributed by atoms with E-state index < -0.39 is 0 Å². The van der Waals surface area contributed by atoms with Crippen molar-refractivity contribution in [3.05, 3.63) is 29.6 Å². The number of nitrogens with one attached hydrogen (secondary N) is 1. The van der Waals surface area contributed by atoms with Crippen LogP contribution < -0.4 is 0 Å². The molecule has 2 rings (SSSR count). The van der Waals surface area contributed by atoms with Crippen molar-refractivity contribution in [2.24, 2.45) is 5.41 Å². The quantitative estimate of drug-likeness (QED) is 0.744. The van der Waals surface area contributed by atoms with Gasteiger partial charge in [-0.15, -0.1) is 0 Å². The number of ketones is 1. The molecule has 0 unspecified atom stereocenters. The Morgan fingerprint density at radius 1 is 1.31 bits per heavy atom. The second kappa shape index (κ2) is 3.44. The van der Waals surface area contributed by atoms with E-state index in [1.165, 1.54) is 0 Å². The maximum atomic E-state index is 12.1. The second-order valence-corrected chi connectivity index (χ2v) is 5.13. The van der Waals surface area contributed by atoms with Crippen LogP contribution in [0.3, 0.4) is 0 Å². The third-order valence-electron chi connectivity index (χ3n) is 2.54. The van der Waals surface area contributed by atoms with Crippen LogP contribution in [0.5, 0.6) is 0 Å². The third kappa shape index (κ3) is 1.85. The van der Waals surface area contributed by atoms with Gasteiger partial charge in [-0.3, -0.25) is 4.79 Å². The first-order chi connectivity index (χ1) is 7.38. The van der Waals surface area contributed by atoms with E-state index in [9.17, 15) is 4.79 Å². The van der Waals surface area contributed by atoms with Crippen molar-refractivity contribution in [1.29, 1.82) is 0 Å². The van der Waals surface area contributed by atoms with Crippen LogP contribution >= 0.6 is 0 Å². The molecule has 1 heterocycles. The zero-order valence-corrected chi connectivity index (χ0v) is 10.1. The largest absolute Gasteiger partial charge is 0.342 e. The fourth-order valence-corrected chi connectivity index (χ4v) is 1.71. The minimum Gasteiger partial charge on any atom is -0.342 e. The SMILES string of the molecule is Cc1nc2ccc(C(=O)C(C)(C)C)cc2[nH]1. The normalized spacial score (nSPS) is 12.0. The van der Waals surface area contributed by atoms with Gasteiger partial charge in [0.05, 0.1) is 11.0 Å². The number of hydrogen-bond acceptors (Lipinski definition) is 2. The summed E-state index contributed by atoms with van der Waals surface area (Å²) in [6, 6.07) is 5.61. The molecule has 0 fully saturated rings. The molecule has 3 heteroatoms. The molecule has 2 aromatic rings. The molecule has 0 aliphatic rings. The van der Waals surface area contributed by atoms with Crippen molar-refractivity contribution in [3.63, 3.8) is 0 Å². The molecule has 16 heavy (non-hydrogen) atoms. The number of imidazole rings is 1. The number of carbonyl (C=O) groups is 1. The molecular formula is C13H16N2O. The van der Waals surface area contributed by atoms with Gasteiger partial charge in [-0.2, -0.15) is 0 Å². The zero-order valence-electron chi connectivity index (χ0n) is 10.1. The zero-order chi connectivity index (χ0) is 11.9. The van der Waals surface area contributed by atoms with Gasteiger partial charge in [-0.05, 0) is 25.1 Å². The van der Waals surface area contributed by atoms with E-state index in [4.69, 9.17) is 0 Å². The van der Waals surface area contributed by atoms with Crippen LogP contribution in [-0.2, 0) is 0 Å². The Hall–Kier alpha value is -1.64. The third-order valence-corrected chi connectivity index (χ3v) is 2.54. The molecule has 1 N–H and O–H groups in total. The standard InChI is InChI=1S/C13H16N2O/c1-8-14-10-6-5-9(7-11(10)15-8)12(16)13(2,3)4/h5-7H,1-4H3,(H,14,15). The lowest BCUT2D eigenvalue weighted by atomic mass is 9.86. The molecule has 1 aromatic carbocycles. The molecule has 0 saturated heterocycles. The van der Waals surface area contributed by atoms with Gasteiger partial charge >= 0.3 is 0 Å². The summed E-state index contributed by atoms with van der Waals surface area (Å²) in [5.74, 6) is 1.03. The summed E-state index contributed by atoms with van der Waals surface area (Å²) in [5.41, 5.74) is 2.22. The number of aromatic amines is 1. The van der Waals surface area contributed by atoms with Gasteiger partial charge in [0.2, 0.25) is 0 Å². The lowest BCUT2D eigenvalue weighted by molar-refractivity contribution is 0.0858. The van der Waals surface area contributed by atoms with Crippen LogP contribution in [-0.4, -0.2) is 15.8 Å². The number of H-pyrrole nitrogens is 1. The summed E-state index contributed by atoms with van der Waals surface area (Å²) < 4.78 is 0. The van der Waals surface area contributed by atoms with Crippen LogP contribution in [0.15, 0.2) is 18.2 Å². The first kappa shape index (κ1) is 10.9. The number of nitrogens with zero attached hydrogens (tertiary/aromatic N) is 1. The second-order valence-electron chi connectivity index (χ2n) is 5.13. The maximum absolute atomic E-state index is 12.1. The molecule has 0 atom stereocenters. The van der Waals surface area contributed by atoms with E-state index in [0.29, 0.717) is 0 Å². The van der Waals surface area contributed by atoms with E-state index in [1.807, 2.05) is 45.9 Å². The summed E-state index contributed by atoms with van der Waals surface area (Å²) >= 11 is 0. The van der Waals surface area contributed by atoms with Gasteiger partial charge in [-0.25, -0.2) is 4.98 Å². The van der Waals surface area contributed by atoms with Crippen LogP contribution in [0.2, 0.25) is 0 Å². The van der Waals surface area contributed by atoms with Crippen LogP contribution in [0.1, 0.15) is 37.0 Å². The first-order valence-electron chi connectivity index (χ1n) is 5.39. The Bertz CT molecular complexity index is 547.